The molecule has 14 heavy (non-hydrogen) atoms. The number of methoxy groups -OCH3 is 1. The molecule has 0 bridgehead atoms. The molecule has 0 amide bonds. The fourth-order valence-electron chi connectivity index (χ4n) is 1.33. The Labute approximate surface area is 83.7 Å². The molecule has 0 saturated carbocycles. The fourth-order valence-corrected chi connectivity index (χ4v) is 1.33. The number of hydrogen-bond acceptors (Lipinski definition) is 4. The van der Waals surface area contributed by atoms with Gasteiger partial charge in [0.05, 0.1) is 7.11 Å². The smallest absolute Gasteiger partial charge is 0.212 e. The second-order valence-electron chi connectivity index (χ2n) is 3.44. The first-order valence-corrected chi connectivity index (χ1v) is 4.81. The number of ether oxygens (including phenoxy) is 1. The first-order valence-electron chi connectivity index (χ1n) is 4.81. The second kappa shape index (κ2) is 4.39. The van der Waals surface area contributed by atoms with Crippen LogP contribution < -0.4 is 15.4 Å². The van der Waals surface area contributed by atoms with Gasteiger partial charge in [0.1, 0.15) is 0 Å². The lowest BCUT2D eigenvalue weighted by molar-refractivity contribution is 0.364. The highest BCUT2D eigenvalue weighted by Crippen LogP contribution is 2.06. The predicted molar refractivity (Wildman–Crippen MR) is 54.3 cm³/mol. The van der Waals surface area contributed by atoms with Crippen LogP contribution in [-0.2, 0) is 6.54 Å². The highest BCUT2D eigenvalue weighted by atomic mass is 16.5. The van der Waals surface area contributed by atoms with E-state index in [4.69, 9.17) is 4.74 Å². The van der Waals surface area contributed by atoms with Gasteiger partial charge < -0.3 is 15.4 Å². The number of aromatic nitrogens is 1. The van der Waals surface area contributed by atoms with Crippen LogP contribution in [0.1, 0.15) is 5.56 Å². The van der Waals surface area contributed by atoms with Gasteiger partial charge in [0.25, 0.3) is 0 Å². The summed E-state index contributed by atoms with van der Waals surface area (Å²) in [4.78, 5) is 4.14. The van der Waals surface area contributed by atoms with Crippen molar-refractivity contribution in [2.75, 3.05) is 20.2 Å². The van der Waals surface area contributed by atoms with Crippen molar-refractivity contribution in [3.05, 3.63) is 23.9 Å². The van der Waals surface area contributed by atoms with Crippen molar-refractivity contribution in [1.82, 2.24) is 15.6 Å². The summed E-state index contributed by atoms with van der Waals surface area (Å²) in [5, 5.41) is 6.65. The molecule has 0 unspecified atom stereocenters. The van der Waals surface area contributed by atoms with E-state index in [1.165, 1.54) is 5.56 Å². The first kappa shape index (κ1) is 9.43. The van der Waals surface area contributed by atoms with Crippen LogP contribution in [-0.4, -0.2) is 31.2 Å². The zero-order valence-corrected chi connectivity index (χ0v) is 8.29. The van der Waals surface area contributed by atoms with Gasteiger partial charge in [-0.1, -0.05) is 6.07 Å². The van der Waals surface area contributed by atoms with Gasteiger partial charge in [-0.3, -0.25) is 0 Å². The Balaban J connectivity index is 1.83. The van der Waals surface area contributed by atoms with E-state index in [9.17, 15) is 0 Å². The Bertz CT molecular complexity index is 282. The molecular formula is C10H15N3O. The maximum atomic E-state index is 4.99. The van der Waals surface area contributed by atoms with Gasteiger partial charge in [0.15, 0.2) is 0 Å². The Hall–Kier alpha value is -1.13. The highest BCUT2D eigenvalue weighted by Gasteiger charge is 2.14. The topological polar surface area (TPSA) is 46.2 Å². The molecule has 2 rings (SSSR count). The zero-order valence-electron chi connectivity index (χ0n) is 8.29. The summed E-state index contributed by atoms with van der Waals surface area (Å²) >= 11 is 0. The maximum absolute atomic E-state index is 4.99. The van der Waals surface area contributed by atoms with E-state index in [0.717, 1.165) is 19.6 Å². The Morgan fingerprint density at radius 1 is 1.57 bits per heavy atom. The summed E-state index contributed by atoms with van der Waals surface area (Å²) in [6.45, 7) is 3.02. The molecule has 1 aromatic rings. The molecule has 1 fully saturated rings. The van der Waals surface area contributed by atoms with Crippen LogP contribution >= 0.6 is 0 Å². The monoisotopic (exact) mass is 193 g/mol. The summed E-state index contributed by atoms with van der Waals surface area (Å²) < 4.78 is 4.99. The summed E-state index contributed by atoms with van der Waals surface area (Å²) in [5.41, 5.74) is 1.19. The third-order valence-corrected chi connectivity index (χ3v) is 2.38. The van der Waals surface area contributed by atoms with Crippen LogP contribution in [0.3, 0.4) is 0 Å². The average Bonchev–Trinajstić information content (AvgIpc) is 2.16. The second-order valence-corrected chi connectivity index (χ2v) is 3.44. The lowest BCUT2D eigenvalue weighted by Gasteiger charge is -2.28. The zero-order chi connectivity index (χ0) is 9.80. The van der Waals surface area contributed by atoms with Crippen molar-refractivity contribution in [2.45, 2.75) is 12.6 Å². The van der Waals surface area contributed by atoms with E-state index in [1.54, 1.807) is 7.11 Å². The number of pyridine rings is 1. The summed E-state index contributed by atoms with van der Waals surface area (Å²) in [5.74, 6) is 0.666. The average molecular weight is 193 g/mol. The molecule has 0 aliphatic carbocycles. The van der Waals surface area contributed by atoms with Crippen molar-refractivity contribution in [1.29, 1.82) is 0 Å². The molecule has 2 N–H and O–H groups in total. The van der Waals surface area contributed by atoms with Gasteiger partial charge in [0, 0.05) is 37.9 Å². The summed E-state index contributed by atoms with van der Waals surface area (Å²) in [6, 6.07) is 4.54. The van der Waals surface area contributed by atoms with E-state index in [1.807, 2.05) is 18.3 Å². The molecule has 2 heterocycles. The standard InChI is InChI=1S/C10H15N3O/c1-14-10-3-2-8(5-13-10)4-12-9-6-11-7-9/h2-3,5,9,11-12H,4,6-7H2,1H3. The molecule has 0 radical (unpaired) electrons. The van der Waals surface area contributed by atoms with Gasteiger partial charge in [0.2, 0.25) is 5.88 Å². The highest BCUT2D eigenvalue weighted by molar-refractivity contribution is 5.17. The van der Waals surface area contributed by atoms with Crippen molar-refractivity contribution in [3.63, 3.8) is 0 Å². The van der Waals surface area contributed by atoms with Gasteiger partial charge >= 0.3 is 0 Å². The summed E-state index contributed by atoms with van der Waals surface area (Å²) in [6.07, 6.45) is 1.85. The number of hydrogen-bond donors (Lipinski definition) is 2. The third-order valence-electron chi connectivity index (χ3n) is 2.38. The van der Waals surface area contributed by atoms with Crippen LogP contribution in [0, 0.1) is 0 Å². The molecular weight excluding hydrogens is 178 g/mol. The maximum Gasteiger partial charge on any atom is 0.212 e. The largest absolute Gasteiger partial charge is 0.481 e. The van der Waals surface area contributed by atoms with Crippen LogP contribution in [0.4, 0.5) is 0 Å². The van der Waals surface area contributed by atoms with E-state index in [-0.39, 0.29) is 0 Å². The Morgan fingerprint density at radius 2 is 2.43 bits per heavy atom. The Morgan fingerprint density at radius 3 is 2.93 bits per heavy atom. The molecule has 0 spiro atoms. The van der Waals surface area contributed by atoms with Crippen molar-refractivity contribution in [3.8, 4) is 5.88 Å². The molecule has 76 valence electrons. The minimum atomic E-state index is 0.622. The van der Waals surface area contributed by atoms with E-state index in [2.05, 4.69) is 15.6 Å². The van der Waals surface area contributed by atoms with Crippen molar-refractivity contribution >= 4 is 0 Å². The molecule has 4 nitrogen and oxygen atoms in total. The van der Waals surface area contributed by atoms with Crippen LogP contribution in [0.25, 0.3) is 0 Å². The molecule has 1 aromatic heterocycles. The van der Waals surface area contributed by atoms with Crippen LogP contribution in [0.15, 0.2) is 18.3 Å². The quantitative estimate of drug-likeness (QED) is 0.714. The SMILES string of the molecule is COc1ccc(CNC2CNC2)cn1. The lowest BCUT2D eigenvalue weighted by atomic mass is 10.1. The van der Waals surface area contributed by atoms with Gasteiger partial charge in [-0.2, -0.15) is 0 Å². The molecule has 4 heteroatoms. The predicted octanol–water partition coefficient (Wildman–Crippen LogP) is 0.152. The molecule has 0 atom stereocenters. The van der Waals surface area contributed by atoms with E-state index < -0.39 is 0 Å². The number of nitrogens with zero attached hydrogens (tertiary/aromatic N) is 1. The van der Waals surface area contributed by atoms with Crippen LogP contribution in [0.5, 0.6) is 5.88 Å². The van der Waals surface area contributed by atoms with Gasteiger partial charge in [-0.15, -0.1) is 0 Å². The number of rotatable bonds is 4. The van der Waals surface area contributed by atoms with Gasteiger partial charge in [-0.25, -0.2) is 4.98 Å². The normalized spacial score (nSPS) is 16.4. The Kier molecular flexibility index (Phi) is 2.96. The van der Waals surface area contributed by atoms with Crippen molar-refractivity contribution < 1.29 is 4.74 Å². The fraction of sp³-hybridized carbons (Fsp3) is 0.500. The van der Waals surface area contributed by atoms with Crippen LogP contribution in [0.2, 0.25) is 0 Å². The van der Waals surface area contributed by atoms with E-state index >= 15 is 0 Å². The minimum Gasteiger partial charge on any atom is -0.481 e. The summed E-state index contributed by atoms with van der Waals surface area (Å²) in [7, 11) is 1.63. The molecule has 1 aliphatic heterocycles. The lowest BCUT2D eigenvalue weighted by Crippen LogP contribution is -2.54. The third kappa shape index (κ3) is 2.21. The molecule has 1 saturated heterocycles. The number of nitrogens with one attached hydrogen (secondary N) is 2. The van der Waals surface area contributed by atoms with Crippen molar-refractivity contribution in [2.24, 2.45) is 0 Å². The van der Waals surface area contributed by atoms with Gasteiger partial charge in [-0.05, 0) is 5.56 Å². The van der Waals surface area contributed by atoms with E-state index in [0.29, 0.717) is 11.9 Å². The molecule has 0 aromatic carbocycles. The first-order chi connectivity index (χ1) is 6.88. The minimum absolute atomic E-state index is 0.622. The molecule has 1 aliphatic rings.